The molecule has 8 heteroatoms. The topological polar surface area (TPSA) is 127 Å². The number of nitrogens with two attached hydrogens (primary N) is 1. The zero-order valence-electron chi connectivity index (χ0n) is 10.7. The number of urea groups is 1. The first-order chi connectivity index (χ1) is 9.31. The summed E-state index contributed by atoms with van der Waals surface area (Å²) >= 11 is 0. The van der Waals surface area contributed by atoms with Crippen molar-refractivity contribution in [2.45, 2.75) is 23.5 Å². The number of carbonyl (C=O) groups excluding carboxylic acids is 2. The number of carbonyl (C=O) groups is 3. The van der Waals surface area contributed by atoms with Crippen LogP contribution in [0.2, 0.25) is 0 Å². The molecule has 7 nitrogen and oxygen atoms in total. The van der Waals surface area contributed by atoms with Gasteiger partial charge >= 0.3 is 12.0 Å². The lowest BCUT2D eigenvalue weighted by molar-refractivity contribution is -0.136. The van der Waals surface area contributed by atoms with Crippen LogP contribution in [0.25, 0.3) is 0 Å². The first kappa shape index (κ1) is 15.8. The Balaban J connectivity index is 2.79. The average Bonchev–Trinajstić information content (AvgIpc) is 2.36. The van der Waals surface area contributed by atoms with E-state index in [9.17, 15) is 18.6 Å². The van der Waals surface area contributed by atoms with Crippen LogP contribution in [0.15, 0.2) is 29.2 Å². The van der Waals surface area contributed by atoms with E-state index in [2.05, 4.69) is 0 Å². The van der Waals surface area contributed by atoms with Gasteiger partial charge < -0.3 is 10.8 Å². The van der Waals surface area contributed by atoms with E-state index in [1.807, 2.05) is 5.32 Å². The standard InChI is InChI=1S/C12H14N2O5S/c1-7(11(17)14-12(13)18)20(19)9-4-2-8(3-5-9)6-10(15)16/h2-5,7H,6H2,1H3,(H,15,16)(H3,13,14,17,18). The van der Waals surface area contributed by atoms with Crippen molar-refractivity contribution in [1.29, 1.82) is 0 Å². The molecule has 20 heavy (non-hydrogen) atoms. The predicted octanol–water partition coefficient (Wildman–Crippen LogP) is 0.00470. The largest absolute Gasteiger partial charge is 0.481 e. The van der Waals surface area contributed by atoms with E-state index in [4.69, 9.17) is 10.8 Å². The van der Waals surface area contributed by atoms with E-state index in [1.165, 1.54) is 31.2 Å². The quantitative estimate of drug-likeness (QED) is 0.705. The van der Waals surface area contributed by atoms with Crippen molar-refractivity contribution in [2.24, 2.45) is 5.73 Å². The van der Waals surface area contributed by atoms with Crippen LogP contribution >= 0.6 is 0 Å². The lowest BCUT2D eigenvalue weighted by atomic mass is 10.2. The molecule has 4 N–H and O–H groups in total. The van der Waals surface area contributed by atoms with Crippen LogP contribution < -0.4 is 11.1 Å². The van der Waals surface area contributed by atoms with Gasteiger partial charge in [-0.05, 0) is 24.6 Å². The summed E-state index contributed by atoms with van der Waals surface area (Å²) in [5.74, 6) is -1.70. The lowest BCUT2D eigenvalue weighted by Gasteiger charge is -2.10. The number of imide groups is 1. The summed E-state index contributed by atoms with van der Waals surface area (Å²) < 4.78 is 12.1. The summed E-state index contributed by atoms with van der Waals surface area (Å²) in [6.45, 7) is 1.40. The molecule has 1 rings (SSSR count). The first-order valence-corrected chi connectivity index (χ1v) is 6.84. The van der Waals surface area contributed by atoms with Gasteiger partial charge in [0.15, 0.2) is 0 Å². The van der Waals surface area contributed by atoms with Gasteiger partial charge in [-0.3, -0.25) is 19.1 Å². The highest BCUT2D eigenvalue weighted by Crippen LogP contribution is 2.13. The maximum atomic E-state index is 12.1. The summed E-state index contributed by atoms with van der Waals surface area (Å²) in [6, 6.07) is 5.03. The third-order valence-electron chi connectivity index (χ3n) is 2.45. The molecule has 3 amide bonds. The van der Waals surface area contributed by atoms with Crippen LogP contribution in [0.4, 0.5) is 4.79 Å². The van der Waals surface area contributed by atoms with Gasteiger partial charge in [-0.2, -0.15) is 0 Å². The number of amides is 3. The van der Waals surface area contributed by atoms with Crippen molar-refractivity contribution in [1.82, 2.24) is 5.32 Å². The van der Waals surface area contributed by atoms with Crippen LogP contribution in [0.5, 0.6) is 0 Å². The van der Waals surface area contributed by atoms with Crippen LogP contribution in [0.3, 0.4) is 0 Å². The number of aliphatic carboxylic acids is 1. The summed E-state index contributed by atoms with van der Waals surface area (Å²) in [5.41, 5.74) is 5.37. The second-order valence-electron chi connectivity index (χ2n) is 4.01. The Kier molecular flexibility index (Phi) is 5.39. The second-order valence-corrected chi connectivity index (χ2v) is 5.78. The van der Waals surface area contributed by atoms with Gasteiger partial charge in [0.1, 0.15) is 5.25 Å². The summed E-state index contributed by atoms with van der Waals surface area (Å²) in [6.07, 6.45) is -0.134. The van der Waals surface area contributed by atoms with Gasteiger partial charge in [0, 0.05) is 4.90 Å². The fourth-order valence-corrected chi connectivity index (χ4v) is 2.51. The third-order valence-corrected chi connectivity index (χ3v) is 4.04. The number of carboxylic acid groups (broad SMARTS) is 1. The molecule has 0 aliphatic rings. The number of nitrogens with one attached hydrogen (secondary N) is 1. The van der Waals surface area contributed by atoms with E-state index in [1.54, 1.807) is 0 Å². The predicted molar refractivity (Wildman–Crippen MR) is 71.4 cm³/mol. The molecule has 1 aromatic carbocycles. The molecule has 2 unspecified atom stereocenters. The molecular weight excluding hydrogens is 284 g/mol. The molecule has 0 aliphatic carbocycles. The van der Waals surface area contributed by atoms with Crippen LogP contribution in [0.1, 0.15) is 12.5 Å². The first-order valence-electron chi connectivity index (χ1n) is 5.63. The number of primary amides is 1. The number of rotatable bonds is 5. The Morgan fingerprint density at radius 3 is 2.30 bits per heavy atom. The van der Waals surface area contributed by atoms with Crippen molar-refractivity contribution >= 4 is 28.7 Å². The molecule has 0 fully saturated rings. The lowest BCUT2D eigenvalue weighted by Crippen LogP contribution is -2.42. The molecule has 0 radical (unpaired) electrons. The molecule has 0 aromatic heterocycles. The van der Waals surface area contributed by atoms with Crippen molar-refractivity contribution in [3.05, 3.63) is 29.8 Å². The van der Waals surface area contributed by atoms with E-state index in [-0.39, 0.29) is 6.42 Å². The van der Waals surface area contributed by atoms with E-state index in [0.717, 1.165) is 0 Å². The van der Waals surface area contributed by atoms with Gasteiger partial charge in [0.05, 0.1) is 17.2 Å². The van der Waals surface area contributed by atoms with Gasteiger partial charge in [0.2, 0.25) is 5.91 Å². The fourth-order valence-electron chi connectivity index (χ4n) is 1.44. The summed E-state index contributed by atoms with van der Waals surface area (Å²) in [7, 11) is -1.66. The summed E-state index contributed by atoms with van der Waals surface area (Å²) in [4.78, 5) is 33.0. The molecule has 108 valence electrons. The van der Waals surface area contributed by atoms with Gasteiger partial charge in [-0.15, -0.1) is 0 Å². The molecule has 1 aromatic rings. The molecule has 0 spiro atoms. The monoisotopic (exact) mass is 298 g/mol. The maximum Gasteiger partial charge on any atom is 0.318 e. The number of benzene rings is 1. The molecule has 0 aliphatic heterocycles. The van der Waals surface area contributed by atoms with Crippen LogP contribution in [0, 0.1) is 0 Å². The normalized spacial score (nSPS) is 13.2. The highest BCUT2D eigenvalue weighted by Gasteiger charge is 2.22. The molecule has 0 heterocycles. The van der Waals surface area contributed by atoms with Crippen LogP contribution in [-0.4, -0.2) is 32.5 Å². The number of carboxylic acids is 1. The highest BCUT2D eigenvalue weighted by molar-refractivity contribution is 7.86. The molecule has 0 saturated heterocycles. The zero-order chi connectivity index (χ0) is 15.3. The van der Waals surface area contributed by atoms with Gasteiger partial charge in [-0.1, -0.05) is 12.1 Å². The Bertz CT molecular complexity index is 555. The molecule has 0 bridgehead atoms. The minimum Gasteiger partial charge on any atom is -0.481 e. The SMILES string of the molecule is CC(C(=O)NC(N)=O)S(=O)c1ccc(CC(=O)O)cc1. The van der Waals surface area contributed by atoms with E-state index >= 15 is 0 Å². The smallest absolute Gasteiger partial charge is 0.318 e. The number of hydrogen-bond acceptors (Lipinski definition) is 4. The van der Waals surface area contributed by atoms with Gasteiger partial charge in [-0.25, -0.2) is 4.79 Å². The number of hydrogen-bond donors (Lipinski definition) is 3. The molecular formula is C12H14N2O5S. The average molecular weight is 298 g/mol. The molecule has 0 saturated carbocycles. The Labute approximate surface area is 117 Å². The Hall–Kier alpha value is -2.22. The van der Waals surface area contributed by atoms with E-state index < -0.39 is 34.0 Å². The maximum absolute atomic E-state index is 12.1. The summed E-state index contributed by atoms with van der Waals surface area (Å²) in [5, 5.41) is 9.54. The van der Waals surface area contributed by atoms with E-state index in [0.29, 0.717) is 10.5 Å². The van der Waals surface area contributed by atoms with Crippen molar-refractivity contribution in [3.63, 3.8) is 0 Å². The minimum absolute atomic E-state index is 0.134. The van der Waals surface area contributed by atoms with Gasteiger partial charge in [0.25, 0.3) is 0 Å². The molecule has 2 atom stereocenters. The highest BCUT2D eigenvalue weighted by atomic mass is 32.2. The fraction of sp³-hybridized carbons (Fsp3) is 0.250. The minimum atomic E-state index is -1.66. The van der Waals surface area contributed by atoms with Crippen LogP contribution in [-0.2, 0) is 26.8 Å². The zero-order valence-corrected chi connectivity index (χ0v) is 11.5. The second kappa shape index (κ2) is 6.80. The van der Waals surface area contributed by atoms with Crippen molar-refractivity contribution < 1.29 is 23.7 Å². The third kappa shape index (κ3) is 4.47. The Morgan fingerprint density at radius 2 is 1.85 bits per heavy atom. The Morgan fingerprint density at radius 1 is 1.30 bits per heavy atom. The van der Waals surface area contributed by atoms with Crippen molar-refractivity contribution in [3.8, 4) is 0 Å². The van der Waals surface area contributed by atoms with Crippen molar-refractivity contribution in [2.75, 3.05) is 0 Å².